The SMILES string of the molecule is O=c1cc(-c2ccnc(NC3CCOCC3)n2)ccn1C(CO)c1ccc(Cl)cc1F. The van der Waals surface area contributed by atoms with Crippen molar-refractivity contribution in [2.24, 2.45) is 0 Å². The van der Waals surface area contributed by atoms with E-state index in [1.807, 2.05) is 0 Å². The molecular formula is C22H22ClFN4O3. The summed E-state index contributed by atoms with van der Waals surface area (Å²) >= 11 is 5.81. The Balaban J connectivity index is 1.60. The fourth-order valence-corrected chi connectivity index (χ4v) is 3.79. The lowest BCUT2D eigenvalue weighted by atomic mass is 10.1. The number of hydrogen-bond donors (Lipinski definition) is 2. The highest BCUT2D eigenvalue weighted by atomic mass is 35.5. The lowest BCUT2D eigenvalue weighted by Gasteiger charge is -2.23. The van der Waals surface area contributed by atoms with Crippen molar-refractivity contribution >= 4 is 17.5 Å². The molecule has 2 N–H and O–H groups in total. The normalized spacial score (nSPS) is 15.6. The van der Waals surface area contributed by atoms with Crippen molar-refractivity contribution in [1.29, 1.82) is 0 Å². The standard InChI is InChI=1S/C22H22ClFN4O3/c23-15-1-2-17(18(24)12-15)20(13-29)28-8-4-14(11-21(28)30)19-3-7-25-22(27-19)26-16-5-9-31-10-6-16/h1-4,7-8,11-12,16,20,29H,5-6,9-10,13H2,(H,25,26,27). The molecule has 0 spiro atoms. The smallest absolute Gasteiger partial charge is 0.251 e. The molecule has 0 aliphatic carbocycles. The van der Waals surface area contributed by atoms with Gasteiger partial charge in [0.1, 0.15) is 5.82 Å². The summed E-state index contributed by atoms with van der Waals surface area (Å²) in [5, 5.41) is 13.4. The van der Waals surface area contributed by atoms with Crippen molar-refractivity contribution in [2.45, 2.75) is 24.9 Å². The predicted molar refractivity (Wildman–Crippen MR) is 116 cm³/mol. The third-order valence-corrected chi connectivity index (χ3v) is 5.52. The maximum Gasteiger partial charge on any atom is 0.251 e. The first-order chi connectivity index (χ1) is 15.0. The number of nitrogens with zero attached hydrogens (tertiary/aromatic N) is 3. The first-order valence-corrected chi connectivity index (χ1v) is 10.4. The number of aliphatic hydroxyl groups excluding tert-OH is 1. The van der Waals surface area contributed by atoms with Gasteiger partial charge >= 0.3 is 0 Å². The molecule has 1 saturated heterocycles. The second kappa shape index (κ2) is 9.55. The molecule has 1 aromatic carbocycles. The molecule has 1 aliphatic rings. The monoisotopic (exact) mass is 444 g/mol. The zero-order valence-corrected chi connectivity index (χ0v) is 17.4. The Morgan fingerprint density at radius 2 is 2.06 bits per heavy atom. The third kappa shape index (κ3) is 4.92. The van der Waals surface area contributed by atoms with Gasteiger partial charge in [0.05, 0.1) is 18.3 Å². The Kier molecular flexibility index (Phi) is 6.60. The molecule has 3 aromatic rings. The maximum atomic E-state index is 14.3. The molecule has 1 fully saturated rings. The number of anilines is 1. The zero-order chi connectivity index (χ0) is 21.8. The van der Waals surface area contributed by atoms with E-state index in [9.17, 15) is 14.3 Å². The maximum absolute atomic E-state index is 14.3. The van der Waals surface area contributed by atoms with Crippen LogP contribution in [0.25, 0.3) is 11.3 Å². The average molecular weight is 445 g/mol. The molecule has 31 heavy (non-hydrogen) atoms. The van der Waals surface area contributed by atoms with E-state index in [4.69, 9.17) is 16.3 Å². The molecule has 0 saturated carbocycles. The van der Waals surface area contributed by atoms with Crippen LogP contribution in [-0.4, -0.2) is 45.5 Å². The summed E-state index contributed by atoms with van der Waals surface area (Å²) in [6.45, 7) is 0.968. The van der Waals surface area contributed by atoms with E-state index in [0.29, 0.717) is 30.4 Å². The van der Waals surface area contributed by atoms with Gasteiger partial charge in [-0.15, -0.1) is 0 Å². The zero-order valence-electron chi connectivity index (χ0n) is 16.7. The van der Waals surface area contributed by atoms with Gasteiger partial charge in [-0.25, -0.2) is 14.4 Å². The van der Waals surface area contributed by atoms with E-state index in [0.717, 1.165) is 18.9 Å². The van der Waals surface area contributed by atoms with Gasteiger partial charge < -0.3 is 19.7 Å². The largest absolute Gasteiger partial charge is 0.394 e. The Hall–Kier alpha value is -2.81. The van der Waals surface area contributed by atoms with Crippen molar-refractivity contribution < 1.29 is 14.2 Å². The van der Waals surface area contributed by atoms with E-state index in [1.54, 1.807) is 18.3 Å². The minimum Gasteiger partial charge on any atom is -0.394 e. The van der Waals surface area contributed by atoms with E-state index in [-0.39, 0.29) is 22.2 Å². The second-order valence-electron chi connectivity index (χ2n) is 7.32. The molecule has 0 bridgehead atoms. The Morgan fingerprint density at radius 3 is 2.77 bits per heavy atom. The average Bonchev–Trinajstić information content (AvgIpc) is 2.77. The molecule has 7 nitrogen and oxygen atoms in total. The molecule has 162 valence electrons. The lowest BCUT2D eigenvalue weighted by molar-refractivity contribution is 0.0903. The summed E-state index contributed by atoms with van der Waals surface area (Å²) in [6.07, 6.45) is 4.93. The number of hydrogen-bond acceptors (Lipinski definition) is 6. The fourth-order valence-electron chi connectivity index (χ4n) is 3.63. The fraction of sp³-hybridized carbons (Fsp3) is 0.318. The molecule has 3 heterocycles. The van der Waals surface area contributed by atoms with Crippen molar-refractivity contribution in [1.82, 2.24) is 14.5 Å². The van der Waals surface area contributed by atoms with Gasteiger partial charge in [0.25, 0.3) is 5.56 Å². The van der Waals surface area contributed by atoms with Gasteiger partial charge in [-0.05, 0) is 37.1 Å². The van der Waals surface area contributed by atoms with Gasteiger partial charge in [-0.1, -0.05) is 17.7 Å². The Morgan fingerprint density at radius 1 is 1.26 bits per heavy atom. The molecule has 1 unspecified atom stereocenters. The number of rotatable bonds is 6. The van der Waals surface area contributed by atoms with Gasteiger partial charge in [-0.3, -0.25) is 4.79 Å². The third-order valence-electron chi connectivity index (χ3n) is 5.28. The van der Waals surface area contributed by atoms with E-state index >= 15 is 0 Å². The highest BCUT2D eigenvalue weighted by molar-refractivity contribution is 6.30. The van der Waals surface area contributed by atoms with Crippen LogP contribution in [0.15, 0.2) is 53.6 Å². The molecule has 0 radical (unpaired) electrons. The van der Waals surface area contributed by atoms with E-state index in [2.05, 4.69) is 15.3 Å². The number of aromatic nitrogens is 3. The highest BCUT2D eigenvalue weighted by Crippen LogP contribution is 2.24. The van der Waals surface area contributed by atoms with Gasteiger partial charge in [0.15, 0.2) is 0 Å². The number of halogens is 2. The first-order valence-electron chi connectivity index (χ1n) is 10.0. The quantitative estimate of drug-likeness (QED) is 0.606. The summed E-state index contributed by atoms with van der Waals surface area (Å²) in [7, 11) is 0. The summed E-state index contributed by atoms with van der Waals surface area (Å²) in [4.78, 5) is 21.6. The topological polar surface area (TPSA) is 89.3 Å². The number of aliphatic hydroxyl groups is 1. The number of pyridine rings is 1. The molecule has 4 rings (SSSR count). The van der Waals surface area contributed by atoms with Crippen molar-refractivity contribution in [3.63, 3.8) is 0 Å². The van der Waals surface area contributed by atoms with Crippen LogP contribution in [0.5, 0.6) is 0 Å². The molecule has 2 aromatic heterocycles. The summed E-state index contributed by atoms with van der Waals surface area (Å²) < 4.78 is 21.0. The van der Waals surface area contributed by atoms with Crippen LogP contribution in [0.1, 0.15) is 24.4 Å². The van der Waals surface area contributed by atoms with Crippen molar-refractivity contribution in [2.75, 3.05) is 25.1 Å². The number of benzene rings is 1. The molecule has 9 heteroatoms. The van der Waals surface area contributed by atoms with Crippen LogP contribution in [-0.2, 0) is 4.74 Å². The number of ether oxygens (including phenoxy) is 1. The van der Waals surface area contributed by atoms with Crippen LogP contribution in [0.2, 0.25) is 5.02 Å². The van der Waals surface area contributed by atoms with Gasteiger partial charge in [-0.2, -0.15) is 0 Å². The van der Waals surface area contributed by atoms with Crippen molar-refractivity contribution in [3.8, 4) is 11.3 Å². The molecular weight excluding hydrogens is 423 g/mol. The minimum absolute atomic E-state index is 0.187. The first kappa shape index (κ1) is 21.4. The van der Waals surface area contributed by atoms with E-state index in [1.165, 1.54) is 29.0 Å². The molecule has 0 amide bonds. The Labute approximate surface area is 183 Å². The van der Waals surface area contributed by atoms with Crippen LogP contribution in [0, 0.1) is 5.82 Å². The molecule has 1 aliphatic heterocycles. The predicted octanol–water partition coefficient (Wildman–Crippen LogP) is 3.27. The number of nitrogens with one attached hydrogen (secondary N) is 1. The summed E-state index contributed by atoms with van der Waals surface area (Å²) in [5.74, 6) is -0.0906. The van der Waals surface area contributed by atoms with Crippen LogP contribution >= 0.6 is 11.6 Å². The summed E-state index contributed by atoms with van der Waals surface area (Å²) in [6, 6.07) is 8.37. The second-order valence-corrected chi connectivity index (χ2v) is 7.76. The lowest BCUT2D eigenvalue weighted by Crippen LogP contribution is -2.28. The Bertz CT molecular complexity index is 1120. The van der Waals surface area contributed by atoms with Gasteiger partial charge in [0, 0.05) is 53.9 Å². The van der Waals surface area contributed by atoms with Gasteiger partial charge in [0.2, 0.25) is 5.95 Å². The van der Waals surface area contributed by atoms with Crippen LogP contribution in [0.3, 0.4) is 0 Å². The van der Waals surface area contributed by atoms with Crippen LogP contribution < -0.4 is 10.9 Å². The van der Waals surface area contributed by atoms with Crippen molar-refractivity contribution in [3.05, 3.63) is 75.5 Å². The van der Waals surface area contributed by atoms with Crippen LogP contribution in [0.4, 0.5) is 10.3 Å². The molecule has 1 atom stereocenters. The minimum atomic E-state index is -0.866. The highest BCUT2D eigenvalue weighted by Gasteiger charge is 2.19. The van der Waals surface area contributed by atoms with E-state index < -0.39 is 18.5 Å². The summed E-state index contributed by atoms with van der Waals surface area (Å²) in [5.41, 5.74) is 0.995.